The van der Waals surface area contributed by atoms with Crippen LogP contribution in [0.1, 0.15) is 23.2 Å². The number of piperidine rings is 1. The van der Waals surface area contributed by atoms with Crippen molar-refractivity contribution in [1.29, 1.82) is 0 Å². The van der Waals surface area contributed by atoms with E-state index >= 15 is 0 Å². The van der Waals surface area contributed by atoms with Crippen LogP contribution in [0.2, 0.25) is 5.02 Å². The molecule has 0 bridgehead atoms. The van der Waals surface area contributed by atoms with Gasteiger partial charge >= 0.3 is 0 Å². The van der Waals surface area contributed by atoms with Crippen molar-refractivity contribution in [3.63, 3.8) is 0 Å². The van der Waals surface area contributed by atoms with Crippen LogP contribution < -0.4 is 0 Å². The van der Waals surface area contributed by atoms with Crippen LogP contribution in [-0.4, -0.2) is 52.3 Å². The van der Waals surface area contributed by atoms with Gasteiger partial charge in [-0.25, -0.2) is 12.8 Å². The lowest BCUT2D eigenvalue weighted by molar-refractivity contribution is 0.0725. The summed E-state index contributed by atoms with van der Waals surface area (Å²) in [5.41, 5.74) is 0.206. The number of halogens is 2. The van der Waals surface area contributed by atoms with Gasteiger partial charge in [0.2, 0.25) is 15.0 Å². The topological polar surface area (TPSA) is 85.2 Å². The zero-order valence-electron chi connectivity index (χ0n) is 13.4. The number of hydrogen-bond donors (Lipinski definition) is 0. The van der Waals surface area contributed by atoms with E-state index < -0.39 is 20.9 Å². The number of hydrogen-bond acceptors (Lipinski definition) is 5. The predicted molar refractivity (Wildman–Crippen MR) is 88.5 cm³/mol. The number of rotatable bonds is 3. The molecular formula is C15H16ClFN4O3S. The molecule has 2 aromatic rings. The fourth-order valence-electron chi connectivity index (χ4n) is 2.88. The van der Waals surface area contributed by atoms with Gasteiger partial charge in [-0.2, -0.15) is 0 Å². The lowest BCUT2D eigenvalue weighted by Crippen LogP contribution is -2.43. The number of aryl methyl sites for hydroxylation is 1. The van der Waals surface area contributed by atoms with Crippen LogP contribution >= 0.6 is 11.6 Å². The molecule has 1 aromatic carbocycles. The molecule has 3 rings (SSSR count). The van der Waals surface area contributed by atoms with Crippen molar-refractivity contribution in [1.82, 2.24) is 19.7 Å². The van der Waals surface area contributed by atoms with Gasteiger partial charge in [-0.3, -0.25) is 4.79 Å². The van der Waals surface area contributed by atoms with Gasteiger partial charge in [0.1, 0.15) is 12.1 Å². The first-order chi connectivity index (χ1) is 11.8. The molecular weight excluding hydrogens is 371 g/mol. The Morgan fingerprint density at radius 3 is 2.56 bits per heavy atom. The summed E-state index contributed by atoms with van der Waals surface area (Å²) >= 11 is 5.93. The van der Waals surface area contributed by atoms with Gasteiger partial charge in [0.25, 0.3) is 5.91 Å². The normalized spacial score (nSPS) is 16.2. The highest BCUT2D eigenvalue weighted by Gasteiger charge is 2.35. The first kappa shape index (κ1) is 17.8. The number of carbonyl (C=O) groups excluding carboxylic acids is 1. The number of likely N-dealkylation sites (tertiary alicyclic amines) is 1. The van der Waals surface area contributed by atoms with E-state index in [2.05, 4.69) is 10.2 Å². The molecule has 134 valence electrons. The third-order valence-corrected chi connectivity index (χ3v) is 6.79. The molecule has 0 unspecified atom stereocenters. The Hall–Kier alpha value is -2.00. The van der Waals surface area contributed by atoms with E-state index in [1.807, 2.05) is 0 Å². The molecule has 0 atom stereocenters. The van der Waals surface area contributed by atoms with E-state index in [-0.39, 0.29) is 34.7 Å². The number of carbonyl (C=O) groups is 1. The van der Waals surface area contributed by atoms with Crippen LogP contribution in [0.5, 0.6) is 0 Å². The number of nitrogens with zero attached hydrogens (tertiary/aromatic N) is 4. The fraction of sp³-hybridized carbons (Fsp3) is 0.400. The second-order valence-electron chi connectivity index (χ2n) is 5.89. The van der Waals surface area contributed by atoms with Crippen molar-refractivity contribution < 1.29 is 17.6 Å². The number of sulfone groups is 1. The number of aromatic nitrogens is 3. The SMILES string of the molecule is Cn1cnnc1S(=O)(=O)C1CCN(C(=O)c2ccc(F)cc2Cl)CC1. The first-order valence-corrected chi connectivity index (χ1v) is 9.55. The Morgan fingerprint density at radius 2 is 2.00 bits per heavy atom. The molecule has 1 aliphatic heterocycles. The summed E-state index contributed by atoms with van der Waals surface area (Å²) in [5, 5.41) is 6.63. The molecule has 0 saturated carbocycles. The molecule has 1 amide bonds. The van der Waals surface area contributed by atoms with Crippen LogP contribution in [0.4, 0.5) is 4.39 Å². The molecule has 0 N–H and O–H groups in total. The molecule has 25 heavy (non-hydrogen) atoms. The Bertz CT molecular complexity index is 907. The number of benzene rings is 1. The lowest BCUT2D eigenvalue weighted by atomic mass is 10.1. The molecule has 1 fully saturated rings. The summed E-state index contributed by atoms with van der Waals surface area (Å²) in [4.78, 5) is 14.0. The van der Waals surface area contributed by atoms with Crippen molar-refractivity contribution in [2.45, 2.75) is 23.2 Å². The second-order valence-corrected chi connectivity index (χ2v) is 8.41. The summed E-state index contributed by atoms with van der Waals surface area (Å²) in [6.07, 6.45) is 1.92. The minimum atomic E-state index is -3.60. The van der Waals surface area contributed by atoms with Crippen molar-refractivity contribution in [3.05, 3.63) is 40.9 Å². The largest absolute Gasteiger partial charge is 0.339 e. The highest BCUT2D eigenvalue weighted by atomic mass is 35.5. The van der Waals surface area contributed by atoms with E-state index in [1.165, 1.54) is 27.9 Å². The molecule has 0 aliphatic carbocycles. The van der Waals surface area contributed by atoms with Gasteiger partial charge < -0.3 is 9.47 Å². The predicted octanol–water partition coefficient (Wildman–Crippen LogP) is 1.69. The molecule has 0 radical (unpaired) electrons. The van der Waals surface area contributed by atoms with Gasteiger partial charge in [0.15, 0.2) is 0 Å². The third-order valence-electron chi connectivity index (χ3n) is 4.25. The Kier molecular flexibility index (Phi) is 4.79. The van der Waals surface area contributed by atoms with Crippen LogP contribution in [0, 0.1) is 5.82 Å². The standard InChI is InChI=1S/C15H16ClFN4O3S/c1-20-9-18-19-15(20)25(23,24)11-4-6-21(7-5-11)14(22)12-3-2-10(17)8-13(12)16/h2-3,8-9,11H,4-7H2,1H3. The van der Waals surface area contributed by atoms with Crippen molar-refractivity contribution in [2.75, 3.05) is 13.1 Å². The smallest absolute Gasteiger partial charge is 0.255 e. The minimum absolute atomic E-state index is 0.0406. The zero-order valence-corrected chi connectivity index (χ0v) is 15.0. The second kappa shape index (κ2) is 6.72. The van der Waals surface area contributed by atoms with Gasteiger partial charge in [0, 0.05) is 20.1 Å². The molecule has 2 heterocycles. The summed E-state index contributed by atoms with van der Waals surface area (Å²) in [5.74, 6) is -0.852. The quantitative estimate of drug-likeness (QED) is 0.801. The Morgan fingerprint density at radius 1 is 1.32 bits per heavy atom. The van der Waals surface area contributed by atoms with Crippen LogP contribution in [0.15, 0.2) is 29.7 Å². The van der Waals surface area contributed by atoms with Crippen LogP contribution in [-0.2, 0) is 16.9 Å². The average Bonchev–Trinajstić information content (AvgIpc) is 3.01. The summed E-state index contributed by atoms with van der Waals surface area (Å²) in [7, 11) is -2.03. The van der Waals surface area contributed by atoms with Gasteiger partial charge in [0.05, 0.1) is 15.8 Å². The third kappa shape index (κ3) is 3.38. The maximum Gasteiger partial charge on any atom is 0.255 e. The van der Waals surface area contributed by atoms with Crippen molar-refractivity contribution in [2.24, 2.45) is 7.05 Å². The van der Waals surface area contributed by atoms with Crippen LogP contribution in [0.3, 0.4) is 0 Å². The van der Waals surface area contributed by atoms with Gasteiger partial charge in [-0.15, -0.1) is 10.2 Å². The molecule has 10 heteroatoms. The molecule has 7 nitrogen and oxygen atoms in total. The minimum Gasteiger partial charge on any atom is -0.339 e. The monoisotopic (exact) mass is 386 g/mol. The van der Waals surface area contributed by atoms with E-state index in [0.717, 1.165) is 6.07 Å². The highest BCUT2D eigenvalue weighted by molar-refractivity contribution is 7.91. The van der Waals surface area contributed by atoms with Crippen molar-refractivity contribution >= 4 is 27.3 Å². The molecule has 1 saturated heterocycles. The molecule has 1 aliphatic rings. The fourth-order valence-corrected chi connectivity index (χ4v) is 4.87. The lowest BCUT2D eigenvalue weighted by Gasteiger charge is -2.31. The van der Waals surface area contributed by atoms with E-state index in [9.17, 15) is 17.6 Å². The number of amides is 1. The highest BCUT2D eigenvalue weighted by Crippen LogP contribution is 2.25. The summed E-state index contributed by atoms with van der Waals surface area (Å²) in [6.45, 7) is 0.544. The average molecular weight is 387 g/mol. The zero-order chi connectivity index (χ0) is 18.2. The molecule has 1 aromatic heterocycles. The van der Waals surface area contributed by atoms with Crippen LogP contribution in [0.25, 0.3) is 0 Å². The summed E-state index contributed by atoms with van der Waals surface area (Å²) in [6, 6.07) is 3.59. The Balaban J connectivity index is 1.72. The van der Waals surface area contributed by atoms with E-state index in [0.29, 0.717) is 12.8 Å². The van der Waals surface area contributed by atoms with E-state index in [1.54, 1.807) is 7.05 Å². The van der Waals surface area contributed by atoms with Crippen molar-refractivity contribution in [3.8, 4) is 0 Å². The van der Waals surface area contributed by atoms with Gasteiger partial charge in [-0.05, 0) is 31.0 Å². The maximum absolute atomic E-state index is 13.1. The first-order valence-electron chi connectivity index (χ1n) is 7.63. The van der Waals surface area contributed by atoms with E-state index in [4.69, 9.17) is 11.6 Å². The molecule has 0 spiro atoms. The maximum atomic E-state index is 13.1. The Labute approximate surface area is 149 Å². The van der Waals surface area contributed by atoms with Gasteiger partial charge in [-0.1, -0.05) is 11.6 Å². The summed E-state index contributed by atoms with van der Waals surface area (Å²) < 4.78 is 39.7.